The van der Waals surface area contributed by atoms with Crippen LogP contribution in [0.15, 0.2) is 0 Å². The van der Waals surface area contributed by atoms with Gasteiger partial charge in [-0.05, 0) is 0 Å². The van der Waals surface area contributed by atoms with Crippen LogP contribution in [0.2, 0.25) is 0 Å². The lowest BCUT2D eigenvalue weighted by molar-refractivity contribution is -0.774. The van der Waals surface area contributed by atoms with Crippen LogP contribution in [0.25, 0.3) is 0 Å². The molecular weight excluding hydrogens is 72.0 g/mol. The van der Waals surface area contributed by atoms with E-state index in [1.807, 2.05) is 0 Å². The molecule has 0 bridgehead atoms. The highest BCUT2D eigenvalue weighted by molar-refractivity contribution is 4.13. The Kier molecular flexibility index (Phi) is 0.908. The third kappa shape index (κ3) is 952. The van der Waals surface area contributed by atoms with E-state index in [1.165, 1.54) is 0 Å². The third-order valence-corrected chi connectivity index (χ3v) is 0. The van der Waals surface area contributed by atoms with Gasteiger partial charge in [0.05, 0.1) is 0 Å². The monoisotopic (exact) mass is 78.0 g/mol. The van der Waals surface area contributed by atoms with E-state index in [-0.39, 0.29) is 2.85 Å². The first kappa shape index (κ1) is 4.88. The van der Waals surface area contributed by atoms with Crippen LogP contribution in [-0.2, 0) is 0 Å². The van der Waals surface area contributed by atoms with Crippen LogP contribution < -0.4 is 10.2 Å². The molecule has 0 heterocycles. The van der Waals surface area contributed by atoms with Crippen molar-refractivity contribution in [3.63, 3.8) is 0 Å². The fraction of sp³-hybridized carbons (Fsp3) is 1.00. The van der Waals surface area contributed by atoms with Crippen LogP contribution in [0.5, 0.6) is 0 Å². The summed E-state index contributed by atoms with van der Waals surface area (Å²) >= 11 is 0. The van der Waals surface area contributed by atoms with Crippen molar-refractivity contribution in [2.24, 2.45) is 0 Å². The Morgan fingerprint density at radius 3 is 1.80 bits per heavy atom. The van der Waals surface area contributed by atoms with E-state index in [2.05, 4.69) is 0 Å². The summed E-state index contributed by atoms with van der Waals surface area (Å²) in [6.07, 6.45) is 0. The highest BCUT2D eigenvalue weighted by atomic mass is 16.7. The molecule has 0 aliphatic carbocycles. The Morgan fingerprint density at radius 2 is 1.80 bits per heavy atom. The zero-order valence-electron chi connectivity index (χ0n) is 4.76. The number of hydrogen-bond acceptors (Lipinski definition) is 3. The largest absolute Gasteiger partial charge is 1.00 e. The number of hydrogen-bond donors (Lipinski definition) is 1. The molecule has 3 heteroatoms. The molecule has 0 spiro atoms. The van der Waals surface area contributed by atoms with Gasteiger partial charge < -0.3 is 15.3 Å². The first-order valence-corrected chi connectivity index (χ1v) is 1.13. The predicted molar refractivity (Wildman–Crippen MR) is 12.8 cm³/mol. The molecule has 1 N–H and O–H groups in total. The van der Waals surface area contributed by atoms with Gasteiger partial charge in [0.15, 0.2) is 0 Å². The maximum atomic E-state index is 9.10. The summed E-state index contributed by atoms with van der Waals surface area (Å²) in [5.74, 6) is -3.00. The minimum Gasteiger partial charge on any atom is -0.842 e. The molecule has 0 aliphatic heterocycles. The van der Waals surface area contributed by atoms with E-state index in [4.69, 9.17) is 15.3 Å². The fourth-order valence-electron chi connectivity index (χ4n) is 0. The van der Waals surface area contributed by atoms with Crippen LogP contribution in [0.4, 0.5) is 0 Å². The van der Waals surface area contributed by atoms with Crippen molar-refractivity contribution in [2.75, 3.05) is 0 Å². The van der Waals surface area contributed by atoms with E-state index in [1.54, 1.807) is 0 Å². The van der Waals surface area contributed by atoms with Gasteiger partial charge in [0, 0.05) is 0 Å². The van der Waals surface area contributed by atoms with Crippen LogP contribution in [0.3, 0.4) is 0 Å². The molecule has 0 amide bonds. The molecule has 0 aromatic rings. The molecule has 5 heavy (non-hydrogen) atoms. The summed E-state index contributed by atoms with van der Waals surface area (Å²) in [4.78, 5) is 0. The molecular formula is C2H6O3. The topological polar surface area (TPSA) is 66.3 Å². The summed E-state index contributed by atoms with van der Waals surface area (Å²) in [5.41, 5.74) is 0. The predicted octanol–water partition coefficient (Wildman–Crippen LogP) is -2.40. The lowest BCUT2D eigenvalue weighted by Gasteiger charge is -2.36. The lowest BCUT2D eigenvalue weighted by Crippen LogP contribution is -2.52. The Balaban J connectivity index is -0.0000000800. The first-order chi connectivity index (χ1) is 2.00. The fourth-order valence-corrected chi connectivity index (χ4v) is 0. The quantitative estimate of drug-likeness (QED) is 0.328. The van der Waals surface area contributed by atoms with E-state index in [9.17, 15) is 0 Å². The van der Waals surface area contributed by atoms with Crippen LogP contribution >= 0.6 is 0 Å². The standard InChI is InChI=1S/C2H4O3/c1-2(3,4)5/h3H,1H3/q-2/p+2. The van der Waals surface area contributed by atoms with E-state index < -0.39 is 5.97 Å². The number of rotatable bonds is 0. The second-order valence-electron chi connectivity index (χ2n) is 0.898. The third-order valence-electron chi connectivity index (χ3n) is 0. The average Bonchev–Trinajstić information content (AvgIpc) is 0.722. The second-order valence-corrected chi connectivity index (χ2v) is 0.898. The molecule has 0 unspecified atom stereocenters. The van der Waals surface area contributed by atoms with Crippen molar-refractivity contribution >= 4 is 0 Å². The van der Waals surface area contributed by atoms with Gasteiger partial charge in [0.2, 0.25) is 0 Å². The zero-order chi connectivity index (χ0) is 4.50. The van der Waals surface area contributed by atoms with Gasteiger partial charge in [0.1, 0.15) is 0 Å². The highest BCUT2D eigenvalue weighted by Gasteiger charge is 1.71. The van der Waals surface area contributed by atoms with Gasteiger partial charge in [-0.2, -0.15) is 0 Å². The maximum absolute atomic E-state index is 9.10. The summed E-state index contributed by atoms with van der Waals surface area (Å²) < 4.78 is 0. The molecule has 0 fully saturated rings. The molecule has 0 saturated heterocycles. The van der Waals surface area contributed by atoms with Gasteiger partial charge in [-0.3, -0.25) is 0 Å². The Hall–Kier alpha value is -0.120. The van der Waals surface area contributed by atoms with Crippen LogP contribution in [-0.4, -0.2) is 11.1 Å². The van der Waals surface area contributed by atoms with Crippen molar-refractivity contribution in [3.05, 3.63) is 0 Å². The molecule has 3 nitrogen and oxygen atoms in total. The molecule has 0 aromatic heterocycles. The summed E-state index contributed by atoms with van der Waals surface area (Å²) in [6, 6.07) is 0. The summed E-state index contributed by atoms with van der Waals surface area (Å²) in [7, 11) is 0. The van der Waals surface area contributed by atoms with Gasteiger partial charge in [0.25, 0.3) is 0 Å². The van der Waals surface area contributed by atoms with Crippen molar-refractivity contribution in [1.82, 2.24) is 0 Å². The summed E-state index contributed by atoms with van der Waals surface area (Å²) in [5, 5.41) is 25.6. The van der Waals surface area contributed by atoms with Crippen LogP contribution in [0.1, 0.15) is 9.78 Å². The van der Waals surface area contributed by atoms with Crippen molar-refractivity contribution in [1.29, 1.82) is 0 Å². The minimum atomic E-state index is -3.00. The van der Waals surface area contributed by atoms with Crippen molar-refractivity contribution < 1.29 is 18.2 Å². The van der Waals surface area contributed by atoms with E-state index >= 15 is 0 Å². The van der Waals surface area contributed by atoms with E-state index in [0.29, 0.717) is 6.92 Å². The van der Waals surface area contributed by atoms with Gasteiger partial charge >= 0.3 is 2.85 Å². The average molecular weight is 78.1 g/mol. The molecule has 32 valence electrons. The maximum Gasteiger partial charge on any atom is 1.00 e. The molecule has 0 rings (SSSR count). The zero-order valence-corrected chi connectivity index (χ0v) is 2.76. The molecule has 0 aliphatic rings. The minimum absolute atomic E-state index is 0. The first-order valence-electron chi connectivity index (χ1n) is 1.13. The second kappa shape index (κ2) is 0.931. The molecule has 0 radical (unpaired) electrons. The number of aliphatic hydroxyl groups is 1. The SMILES string of the molecule is CC([O-])([O-])O.[H+].[H+]. The smallest absolute Gasteiger partial charge is 0.842 e. The molecule has 0 aromatic carbocycles. The highest BCUT2D eigenvalue weighted by Crippen LogP contribution is 1.67. The molecule has 0 atom stereocenters. The van der Waals surface area contributed by atoms with E-state index in [0.717, 1.165) is 0 Å². The van der Waals surface area contributed by atoms with Gasteiger partial charge in [-0.1, -0.05) is 12.9 Å². The van der Waals surface area contributed by atoms with Crippen LogP contribution in [0, 0.1) is 0 Å². The van der Waals surface area contributed by atoms with Crippen molar-refractivity contribution in [3.8, 4) is 0 Å². The Morgan fingerprint density at radius 1 is 1.80 bits per heavy atom. The molecule has 0 saturated carbocycles. The summed E-state index contributed by atoms with van der Waals surface area (Å²) in [6.45, 7) is 0.632. The Labute approximate surface area is 32.5 Å². The van der Waals surface area contributed by atoms with Crippen molar-refractivity contribution in [2.45, 2.75) is 12.9 Å². The Bertz CT molecular complexity index is 26.4. The van der Waals surface area contributed by atoms with Gasteiger partial charge in [-0.25, -0.2) is 0 Å². The normalized spacial score (nSPS) is 12.0. The van der Waals surface area contributed by atoms with Gasteiger partial charge in [-0.15, -0.1) is 0 Å². The lowest BCUT2D eigenvalue weighted by atomic mass is 10.7.